The molecule has 0 saturated carbocycles. The molecule has 0 amide bonds. The van der Waals surface area contributed by atoms with Crippen LogP contribution in [0.5, 0.6) is 0 Å². The topological polar surface area (TPSA) is 121 Å². The maximum absolute atomic E-state index is 8.96. The fourth-order valence-corrected chi connectivity index (χ4v) is 0.671. The minimum absolute atomic E-state index is 0.726. The van der Waals surface area contributed by atoms with Crippen molar-refractivity contribution < 1.29 is 30.6 Å². The number of hydrogen-bond donors (Lipinski definition) is 6. The van der Waals surface area contributed by atoms with Gasteiger partial charge in [0.1, 0.15) is 24.4 Å². The van der Waals surface area contributed by atoms with Gasteiger partial charge in [0, 0.05) is 0 Å². The monoisotopic (exact) mass is 184 g/mol. The van der Waals surface area contributed by atoms with Gasteiger partial charge in [-0.3, -0.25) is 0 Å². The molecule has 0 aromatic rings. The standard InChI is InChI=1S/C6H14O6/c7-1-3(9)5(11)6(12)4(10)2-8/h3-12H,1-2H2/t3-,4+,5-,6-/m1/s1/i1+2. The van der Waals surface area contributed by atoms with Crippen molar-refractivity contribution in [3.8, 4) is 0 Å². The number of aliphatic hydroxyl groups is 6. The predicted octanol–water partition coefficient (Wildman–Crippen LogP) is -3.59. The molecule has 12 heavy (non-hydrogen) atoms. The van der Waals surface area contributed by atoms with Gasteiger partial charge in [0.15, 0.2) is 0 Å². The normalized spacial score (nSPS) is 21.5. The van der Waals surface area contributed by atoms with Crippen LogP contribution in [0.3, 0.4) is 0 Å². The van der Waals surface area contributed by atoms with Gasteiger partial charge in [0.05, 0.1) is 13.2 Å². The molecule has 0 fully saturated rings. The Balaban J connectivity index is 3.99. The summed E-state index contributed by atoms with van der Waals surface area (Å²) in [5, 5.41) is 52.2. The average molecular weight is 184 g/mol. The zero-order valence-electron chi connectivity index (χ0n) is 6.41. The van der Waals surface area contributed by atoms with E-state index >= 15 is 0 Å². The maximum Gasteiger partial charge on any atom is 0.111 e. The van der Waals surface area contributed by atoms with Crippen LogP contribution in [0.1, 0.15) is 0 Å². The molecule has 6 N–H and O–H groups in total. The lowest BCUT2D eigenvalue weighted by molar-refractivity contribution is -0.123. The molecule has 0 unspecified atom stereocenters. The second-order valence-corrected chi connectivity index (χ2v) is 2.48. The SMILES string of the molecule is OC[C@H](O)[C@@H](O)[C@H](O)[C@H](O)[14CH2]O. The molecular formula is C6H14O6. The highest BCUT2D eigenvalue weighted by Gasteiger charge is 2.29. The predicted molar refractivity (Wildman–Crippen MR) is 38.2 cm³/mol. The van der Waals surface area contributed by atoms with E-state index in [0.717, 1.165) is 0 Å². The van der Waals surface area contributed by atoms with Crippen molar-refractivity contribution in [2.45, 2.75) is 24.4 Å². The zero-order chi connectivity index (χ0) is 9.72. The largest absolute Gasteiger partial charge is 0.394 e. The van der Waals surface area contributed by atoms with E-state index in [1.165, 1.54) is 0 Å². The van der Waals surface area contributed by atoms with Crippen LogP contribution in [0.15, 0.2) is 0 Å². The molecule has 0 heterocycles. The molecule has 0 aliphatic rings. The highest BCUT2D eigenvalue weighted by molar-refractivity contribution is 4.79. The van der Waals surface area contributed by atoms with Gasteiger partial charge in [0.25, 0.3) is 0 Å². The van der Waals surface area contributed by atoms with Gasteiger partial charge in [-0.05, 0) is 0 Å². The summed E-state index contributed by atoms with van der Waals surface area (Å²) in [7, 11) is 0. The highest BCUT2D eigenvalue weighted by atomic mass is 16.5. The molecular weight excluding hydrogens is 170 g/mol. The van der Waals surface area contributed by atoms with Gasteiger partial charge >= 0.3 is 0 Å². The van der Waals surface area contributed by atoms with Crippen LogP contribution >= 0.6 is 0 Å². The Labute approximate surface area is 69.3 Å². The molecule has 6 heteroatoms. The molecule has 0 aliphatic heterocycles. The fourth-order valence-electron chi connectivity index (χ4n) is 0.671. The third kappa shape index (κ3) is 3.02. The van der Waals surface area contributed by atoms with E-state index in [9.17, 15) is 0 Å². The molecule has 0 bridgehead atoms. The van der Waals surface area contributed by atoms with Crippen LogP contribution in [-0.2, 0) is 0 Å². The second-order valence-electron chi connectivity index (χ2n) is 2.48. The van der Waals surface area contributed by atoms with Gasteiger partial charge in [-0.25, -0.2) is 0 Å². The third-order valence-electron chi connectivity index (χ3n) is 1.51. The zero-order valence-corrected chi connectivity index (χ0v) is 6.41. The van der Waals surface area contributed by atoms with Gasteiger partial charge < -0.3 is 30.6 Å². The second kappa shape index (κ2) is 5.41. The van der Waals surface area contributed by atoms with Gasteiger partial charge in [-0.2, -0.15) is 0 Å². The molecule has 0 aromatic carbocycles. The molecule has 4 atom stereocenters. The Morgan fingerprint density at radius 1 is 1.00 bits per heavy atom. The molecule has 6 nitrogen and oxygen atoms in total. The van der Waals surface area contributed by atoms with Gasteiger partial charge in [0.2, 0.25) is 0 Å². The summed E-state index contributed by atoms with van der Waals surface area (Å²) in [4.78, 5) is 0. The third-order valence-corrected chi connectivity index (χ3v) is 1.51. The van der Waals surface area contributed by atoms with E-state index in [1.807, 2.05) is 0 Å². The van der Waals surface area contributed by atoms with E-state index in [4.69, 9.17) is 30.6 Å². The van der Waals surface area contributed by atoms with E-state index in [0.29, 0.717) is 0 Å². The molecule has 0 spiro atoms. The van der Waals surface area contributed by atoms with Crippen molar-refractivity contribution in [3.05, 3.63) is 0 Å². The van der Waals surface area contributed by atoms with Crippen LogP contribution in [0.4, 0.5) is 0 Å². The first-order chi connectivity index (χ1) is 5.54. The molecule has 0 aliphatic carbocycles. The number of rotatable bonds is 5. The lowest BCUT2D eigenvalue weighted by Crippen LogP contribution is -2.46. The van der Waals surface area contributed by atoms with Crippen LogP contribution < -0.4 is 0 Å². The van der Waals surface area contributed by atoms with Gasteiger partial charge in [-0.15, -0.1) is 0 Å². The van der Waals surface area contributed by atoms with Crippen molar-refractivity contribution in [2.24, 2.45) is 0 Å². The first-order valence-corrected chi connectivity index (χ1v) is 3.48. The van der Waals surface area contributed by atoms with E-state index in [2.05, 4.69) is 0 Å². The Kier molecular flexibility index (Phi) is 5.31. The highest BCUT2D eigenvalue weighted by Crippen LogP contribution is 2.03. The number of aliphatic hydroxyl groups excluding tert-OH is 6. The Morgan fingerprint density at radius 3 is 1.83 bits per heavy atom. The molecule has 0 saturated heterocycles. The quantitative estimate of drug-likeness (QED) is 0.263. The van der Waals surface area contributed by atoms with Crippen LogP contribution in [0.2, 0.25) is 0 Å². The summed E-state index contributed by atoms with van der Waals surface area (Å²) in [6, 6.07) is 0. The first kappa shape index (κ1) is 11.8. The maximum atomic E-state index is 8.96. The van der Waals surface area contributed by atoms with Crippen molar-refractivity contribution in [3.63, 3.8) is 0 Å². The summed E-state index contributed by atoms with van der Waals surface area (Å²) in [5.74, 6) is 0. The minimum atomic E-state index is -1.67. The van der Waals surface area contributed by atoms with Gasteiger partial charge in [-0.1, -0.05) is 0 Å². The lowest BCUT2D eigenvalue weighted by Gasteiger charge is -2.24. The van der Waals surface area contributed by atoms with E-state index < -0.39 is 37.6 Å². The van der Waals surface area contributed by atoms with Crippen molar-refractivity contribution in [2.75, 3.05) is 13.2 Å². The van der Waals surface area contributed by atoms with Crippen molar-refractivity contribution in [1.82, 2.24) is 0 Å². The van der Waals surface area contributed by atoms with Crippen LogP contribution in [0, 0.1) is 0 Å². The summed E-state index contributed by atoms with van der Waals surface area (Å²) in [6.07, 6.45) is -6.39. The minimum Gasteiger partial charge on any atom is -0.394 e. The van der Waals surface area contributed by atoms with E-state index in [-0.39, 0.29) is 0 Å². The van der Waals surface area contributed by atoms with Crippen LogP contribution in [0.25, 0.3) is 0 Å². The fraction of sp³-hybridized carbons (Fsp3) is 1.00. The van der Waals surface area contributed by atoms with Crippen molar-refractivity contribution >= 4 is 0 Å². The first-order valence-electron chi connectivity index (χ1n) is 3.48. The Bertz CT molecular complexity index is 105. The summed E-state index contributed by atoms with van der Waals surface area (Å²) >= 11 is 0. The Hall–Kier alpha value is -0.240. The summed E-state index contributed by atoms with van der Waals surface area (Å²) < 4.78 is 0. The summed E-state index contributed by atoms with van der Waals surface area (Å²) in [6.45, 7) is -1.45. The number of hydrogen-bond acceptors (Lipinski definition) is 6. The summed E-state index contributed by atoms with van der Waals surface area (Å²) in [5.41, 5.74) is 0. The average Bonchev–Trinajstić information content (AvgIpc) is 2.12. The smallest absolute Gasteiger partial charge is 0.111 e. The van der Waals surface area contributed by atoms with Crippen molar-refractivity contribution in [1.29, 1.82) is 0 Å². The molecule has 0 radical (unpaired) electrons. The molecule has 0 aromatic heterocycles. The van der Waals surface area contributed by atoms with Crippen LogP contribution in [-0.4, -0.2) is 68.3 Å². The van der Waals surface area contributed by atoms with E-state index in [1.54, 1.807) is 0 Å². The molecule has 74 valence electrons. The Morgan fingerprint density at radius 2 is 1.50 bits per heavy atom. The lowest BCUT2D eigenvalue weighted by atomic mass is 10.1. The molecule has 0 rings (SSSR count).